The van der Waals surface area contributed by atoms with E-state index in [4.69, 9.17) is 11.6 Å². The highest BCUT2D eigenvalue weighted by Crippen LogP contribution is 2.38. The van der Waals surface area contributed by atoms with Crippen LogP contribution in [0.5, 0.6) is 0 Å². The maximum Gasteiger partial charge on any atom is 0.417 e. The van der Waals surface area contributed by atoms with Crippen molar-refractivity contribution < 1.29 is 32.4 Å². The number of nitrogens with zero attached hydrogens (tertiary/aromatic N) is 1. The van der Waals surface area contributed by atoms with E-state index in [2.05, 4.69) is 9.99 Å². The number of Topliss-reactive ketones (excluding diaryl/α,β-unsaturated/α-hetero) is 1. The van der Waals surface area contributed by atoms with Crippen molar-refractivity contribution in [2.24, 2.45) is 5.16 Å². The molecule has 1 amide bonds. The monoisotopic (exact) mass is 396 g/mol. The first-order chi connectivity index (χ1) is 12.7. The predicted molar refractivity (Wildman–Crippen MR) is 88.5 cm³/mol. The number of oxime groups is 1. The normalized spacial score (nSPS) is 15.3. The highest BCUT2D eigenvalue weighted by atomic mass is 35.5. The molecule has 2 aromatic rings. The molecular weight excluding hydrogens is 389 g/mol. The van der Waals surface area contributed by atoms with Crippen LogP contribution >= 0.6 is 11.6 Å². The maximum absolute atomic E-state index is 13.0. The Morgan fingerprint density at radius 3 is 2.41 bits per heavy atom. The number of rotatable bonds is 2. The zero-order chi connectivity index (χ0) is 19.8. The molecule has 1 aliphatic rings. The molecule has 0 atom stereocenters. The van der Waals surface area contributed by atoms with Crippen molar-refractivity contribution in [3.8, 4) is 0 Å². The number of hydrogen-bond donors (Lipinski definition) is 1. The van der Waals surface area contributed by atoms with Gasteiger partial charge in [-0.1, -0.05) is 35.0 Å². The molecule has 10 heteroatoms. The lowest BCUT2D eigenvalue weighted by Crippen LogP contribution is -2.36. The van der Waals surface area contributed by atoms with Crippen molar-refractivity contribution in [1.82, 2.24) is 0 Å². The van der Waals surface area contributed by atoms with Crippen LogP contribution in [-0.4, -0.2) is 23.4 Å². The van der Waals surface area contributed by atoms with E-state index < -0.39 is 40.1 Å². The lowest BCUT2D eigenvalue weighted by molar-refractivity contribution is -0.137. The van der Waals surface area contributed by atoms with Crippen molar-refractivity contribution in [3.63, 3.8) is 0 Å². The summed E-state index contributed by atoms with van der Waals surface area (Å²) in [5.41, 5.74) is -2.23. The zero-order valence-corrected chi connectivity index (χ0v) is 13.9. The van der Waals surface area contributed by atoms with Crippen LogP contribution < -0.4 is 5.32 Å². The van der Waals surface area contributed by atoms with Crippen molar-refractivity contribution >= 4 is 40.7 Å². The van der Waals surface area contributed by atoms with Gasteiger partial charge in [0.2, 0.25) is 0 Å². The highest BCUT2D eigenvalue weighted by Gasteiger charge is 2.38. The number of anilines is 1. The highest BCUT2D eigenvalue weighted by molar-refractivity contribution is 6.72. The number of carbonyl (C=O) groups excluding carboxylic acids is 3. The fourth-order valence-corrected chi connectivity index (χ4v) is 2.57. The molecule has 1 heterocycles. The molecule has 138 valence electrons. The Bertz CT molecular complexity index is 988. The van der Waals surface area contributed by atoms with Crippen LogP contribution in [0.25, 0.3) is 0 Å². The average Bonchev–Trinajstić information content (AvgIpc) is 2.62. The Kier molecular flexibility index (Phi) is 4.71. The molecule has 3 rings (SSSR count). The number of alkyl halides is 3. The molecule has 0 aromatic heterocycles. The average molecular weight is 397 g/mol. The molecule has 0 bridgehead atoms. The third-order valence-electron chi connectivity index (χ3n) is 3.57. The summed E-state index contributed by atoms with van der Waals surface area (Å²) in [5, 5.41) is 4.71. The molecule has 0 aliphatic carbocycles. The molecule has 1 N–H and O–H groups in total. The molecule has 6 nitrogen and oxygen atoms in total. The van der Waals surface area contributed by atoms with E-state index in [1.54, 1.807) is 18.2 Å². The van der Waals surface area contributed by atoms with E-state index >= 15 is 0 Å². The summed E-state index contributed by atoms with van der Waals surface area (Å²) in [5.74, 6) is -3.31. The largest absolute Gasteiger partial charge is 0.417 e. The van der Waals surface area contributed by atoms with Gasteiger partial charge in [0, 0.05) is 5.56 Å². The third-order valence-corrected chi connectivity index (χ3v) is 3.88. The number of amides is 1. The summed E-state index contributed by atoms with van der Waals surface area (Å²) in [6, 6.07) is 9.06. The van der Waals surface area contributed by atoms with Crippen molar-refractivity contribution in [3.05, 3.63) is 64.2 Å². The molecule has 27 heavy (non-hydrogen) atoms. The predicted octanol–water partition coefficient (Wildman–Crippen LogP) is 3.44. The summed E-state index contributed by atoms with van der Waals surface area (Å²) in [6.07, 6.45) is -4.77. The smallest absolute Gasteiger partial charge is 0.318 e. The van der Waals surface area contributed by atoms with Crippen LogP contribution in [0.1, 0.15) is 21.5 Å². The van der Waals surface area contributed by atoms with Gasteiger partial charge in [-0.25, -0.2) is 4.79 Å². The minimum Gasteiger partial charge on any atom is -0.318 e. The summed E-state index contributed by atoms with van der Waals surface area (Å²) >= 11 is 5.65. The van der Waals surface area contributed by atoms with Gasteiger partial charge in [-0.3, -0.25) is 9.59 Å². The van der Waals surface area contributed by atoms with Gasteiger partial charge in [0.1, 0.15) is 0 Å². The van der Waals surface area contributed by atoms with Gasteiger partial charge in [0.15, 0.2) is 5.71 Å². The number of nitrogens with one attached hydrogen (secondary N) is 1. The van der Waals surface area contributed by atoms with E-state index in [9.17, 15) is 27.6 Å². The number of hydrogen-bond acceptors (Lipinski definition) is 5. The van der Waals surface area contributed by atoms with Crippen LogP contribution in [0, 0.1) is 0 Å². The maximum atomic E-state index is 13.0. The second-order valence-electron chi connectivity index (χ2n) is 5.34. The number of carbonyl (C=O) groups is 3. The molecule has 2 aromatic carbocycles. The van der Waals surface area contributed by atoms with Crippen LogP contribution in [0.4, 0.5) is 18.9 Å². The van der Waals surface area contributed by atoms with Crippen molar-refractivity contribution in [2.75, 3.05) is 5.32 Å². The SMILES string of the molecule is O=C1Nc2cc(C(F)(F)F)c(Cl)cc2C(=NOC(=O)c2ccccc2)C1=O. The minimum absolute atomic E-state index is 0.125. The Morgan fingerprint density at radius 2 is 1.78 bits per heavy atom. The van der Waals surface area contributed by atoms with Crippen molar-refractivity contribution in [2.45, 2.75) is 6.18 Å². The number of ketones is 1. The summed E-state index contributed by atoms with van der Waals surface area (Å²) in [7, 11) is 0. The molecule has 0 saturated heterocycles. The van der Waals surface area contributed by atoms with Crippen LogP contribution in [-0.2, 0) is 20.6 Å². The van der Waals surface area contributed by atoms with E-state index in [1.165, 1.54) is 12.1 Å². The molecule has 0 spiro atoms. The van der Waals surface area contributed by atoms with Gasteiger partial charge >= 0.3 is 12.1 Å². The molecular formula is C17H8ClF3N2O4. The first-order valence-corrected chi connectivity index (χ1v) is 7.67. The zero-order valence-electron chi connectivity index (χ0n) is 13.1. The van der Waals surface area contributed by atoms with Crippen LogP contribution in [0.15, 0.2) is 47.6 Å². The number of fused-ring (bicyclic) bond motifs is 1. The number of halogens is 4. The molecule has 0 fully saturated rings. The second-order valence-corrected chi connectivity index (χ2v) is 5.75. The molecule has 1 aliphatic heterocycles. The Morgan fingerprint density at radius 1 is 1.11 bits per heavy atom. The first-order valence-electron chi connectivity index (χ1n) is 7.29. The van der Waals surface area contributed by atoms with Gasteiger partial charge in [0.05, 0.1) is 21.8 Å². The number of benzene rings is 2. The van der Waals surface area contributed by atoms with E-state index in [0.29, 0.717) is 6.07 Å². The third kappa shape index (κ3) is 3.68. The lowest BCUT2D eigenvalue weighted by atomic mass is 9.97. The topological polar surface area (TPSA) is 84.8 Å². The van der Waals surface area contributed by atoms with Crippen LogP contribution in [0.3, 0.4) is 0 Å². The first kappa shape index (κ1) is 18.6. The van der Waals surface area contributed by atoms with Gasteiger partial charge in [-0.05, 0) is 24.3 Å². The molecule has 0 unspecified atom stereocenters. The Hall–Kier alpha value is -3.20. The summed E-state index contributed by atoms with van der Waals surface area (Å²) in [4.78, 5) is 40.3. The van der Waals surface area contributed by atoms with E-state index in [0.717, 1.165) is 6.07 Å². The van der Waals surface area contributed by atoms with Crippen molar-refractivity contribution in [1.29, 1.82) is 0 Å². The minimum atomic E-state index is -4.77. The Labute approximate surface area is 154 Å². The van der Waals surface area contributed by atoms with Gasteiger partial charge in [0.25, 0.3) is 11.7 Å². The fourth-order valence-electron chi connectivity index (χ4n) is 2.30. The van der Waals surface area contributed by atoms with E-state index in [-0.39, 0.29) is 16.8 Å². The lowest BCUT2D eigenvalue weighted by Gasteiger charge is -2.19. The fraction of sp³-hybridized carbons (Fsp3) is 0.0588. The van der Waals surface area contributed by atoms with Gasteiger partial charge in [-0.15, -0.1) is 0 Å². The quantitative estimate of drug-likeness (QED) is 0.479. The summed E-state index contributed by atoms with van der Waals surface area (Å²) in [6.45, 7) is 0. The second kappa shape index (κ2) is 6.84. The Balaban J connectivity index is 2.02. The van der Waals surface area contributed by atoms with Gasteiger partial charge in [-0.2, -0.15) is 13.2 Å². The molecule has 0 saturated carbocycles. The van der Waals surface area contributed by atoms with E-state index in [1.807, 2.05) is 5.32 Å². The van der Waals surface area contributed by atoms with Crippen LogP contribution in [0.2, 0.25) is 5.02 Å². The standard InChI is InChI=1S/C17H8ClF3N2O4/c18-11-6-9-12(7-10(11)17(19,20)21)22-15(25)14(24)13(9)23-27-16(26)8-4-2-1-3-5-8/h1-7H,(H,22,25). The molecule has 0 radical (unpaired) electrons. The van der Waals surface area contributed by atoms with Gasteiger partial charge < -0.3 is 10.2 Å². The summed E-state index contributed by atoms with van der Waals surface area (Å²) < 4.78 is 38.9.